The Kier molecular flexibility index (Phi) is 8.30. The summed E-state index contributed by atoms with van der Waals surface area (Å²) >= 11 is 0. The smallest absolute Gasteiger partial charge is 0.302 e. The fourth-order valence-electron chi connectivity index (χ4n) is 1.09. The molecule has 2 heteroatoms. The number of hydrogen-bond donors (Lipinski definition) is 0. The summed E-state index contributed by atoms with van der Waals surface area (Å²) in [5, 5.41) is 0. The first-order valence-corrected chi connectivity index (χ1v) is 5.45. The average molecular weight is 198 g/mol. The number of carbonyl (C=O) groups is 1. The third kappa shape index (κ3) is 9.30. The van der Waals surface area contributed by atoms with Gasteiger partial charge in [-0.15, -0.1) is 0 Å². The second kappa shape index (κ2) is 8.79. The predicted molar refractivity (Wildman–Crippen MR) is 59.1 cm³/mol. The maximum atomic E-state index is 10.4. The van der Waals surface area contributed by atoms with Crippen LogP contribution >= 0.6 is 0 Å². The maximum Gasteiger partial charge on any atom is 0.302 e. The van der Waals surface area contributed by atoms with Gasteiger partial charge in [-0.25, -0.2) is 0 Å². The summed E-state index contributed by atoms with van der Waals surface area (Å²) < 4.78 is 4.80. The molecule has 0 heterocycles. The van der Waals surface area contributed by atoms with Crippen LogP contribution in [-0.2, 0) is 9.53 Å². The monoisotopic (exact) mass is 198 g/mol. The number of allylic oxidation sites excluding steroid dienone is 1. The fourth-order valence-corrected chi connectivity index (χ4v) is 1.09. The van der Waals surface area contributed by atoms with Crippen LogP contribution in [0.5, 0.6) is 0 Å². The molecule has 82 valence electrons. The van der Waals surface area contributed by atoms with Gasteiger partial charge in [0, 0.05) is 6.92 Å². The Bertz CT molecular complexity index is 173. The molecule has 1 unspecified atom stereocenters. The molecule has 0 saturated carbocycles. The lowest BCUT2D eigenvalue weighted by Crippen LogP contribution is -1.98. The highest BCUT2D eigenvalue weighted by molar-refractivity contribution is 5.65. The van der Waals surface area contributed by atoms with Crippen LogP contribution in [-0.4, -0.2) is 12.6 Å². The largest absolute Gasteiger partial charge is 0.466 e. The minimum Gasteiger partial charge on any atom is -0.466 e. The van der Waals surface area contributed by atoms with Crippen molar-refractivity contribution in [2.24, 2.45) is 5.92 Å². The molecule has 0 bridgehead atoms. The Morgan fingerprint density at radius 2 is 2.00 bits per heavy atom. The van der Waals surface area contributed by atoms with Gasteiger partial charge in [-0.2, -0.15) is 0 Å². The van der Waals surface area contributed by atoms with Crippen LogP contribution in [0.3, 0.4) is 0 Å². The van der Waals surface area contributed by atoms with Crippen LogP contribution in [0.4, 0.5) is 0 Å². The van der Waals surface area contributed by atoms with E-state index in [0.717, 1.165) is 18.8 Å². The summed E-state index contributed by atoms with van der Waals surface area (Å²) in [6.45, 7) is 6.43. The van der Waals surface area contributed by atoms with Crippen molar-refractivity contribution in [1.82, 2.24) is 0 Å². The lowest BCUT2D eigenvalue weighted by molar-refractivity contribution is -0.140. The van der Waals surface area contributed by atoms with Crippen LogP contribution in [0.1, 0.15) is 46.5 Å². The van der Waals surface area contributed by atoms with E-state index in [-0.39, 0.29) is 5.97 Å². The molecular formula is C12H22O2. The average Bonchev–Trinajstić information content (AvgIpc) is 2.15. The summed E-state index contributed by atoms with van der Waals surface area (Å²) in [6, 6.07) is 0. The van der Waals surface area contributed by atoms with E-state index < -0.39 is 0 Å². The third-order valence-electron chi connectivity index (χ3n) is 2.28. The number of ether oxygens (including phenoxy) is 1. The van der Waals surface area contributed by atoms with Gasteiger partial charge in [0.2, 0.25) is 0 Å². The quantitative estimate of drug-likeness (QED) is 0.356. The van der Waals surface area contributed by atoms with Gasteiger partial charge < -0.3 is 4.74 Å². The Balaban J connectivity index is 3.23. The van der Waals surface area contributed by atoms with Crippen LogP contribution in [0, 0.1) is 5.92 Å². The molecular weight excluding hydrogens is 176 g/mol. The van der Waals surface area contributed by atoms with E-state index in [1.807, 2.05) is 0 Å². The predicted octanol–water partition coefficient (Wildman–Crippen LogP) is 3.32. The molecule has 0 N–H and O–H groups in total. The second-order valence-corrected chi connectivity index (χ2v) is 3.69. The van der Waals surface area contributed by atoms with Crippen molar-refractivity contribution in [1.29, 1.82) is 0 Å². The fraction of sp³-hybridized carbons (Fsp3) is 0.750. The lowest BCUT2D eigenvalue weighted by Gasteiger charge is -2.04. The van der Waals surface area contributed by atoms with Crippen molar-refractivity contribution in [3.63, 3.8) is 0 Å². The summed E-state index contributed by atoms with van der Waals surface area (Å²) in [4.78, 5) is 10.4. The molecule has 0 fully saturated rings. The molecule has 0 aromatic carbocycles. The molecule has 0 saturated heterocycles. The minimum atomic E-state index is -0.196. The summed E-state index contributed by atoms with van der Waals surface area (Å²) in [6.07, 6.45) is 8.73. The molecule has 14 heavy (non-hydrogen) atoms. The van der Waals surface area contributed by atoms with Gasteiger partial charge in [-0.3, -0.25) is 4.79 Å². The van der Waals surface area contributed by atoms with Crippen LogP contribution in [0.25, 0.3) is 0 Å². The number of rotatable bonds is 7. The van der Waals surface area contributed by atoms with Crippen molar-refractivity contribution in [3.05, 3.63) is 12.2 Å². The molecule has 0 aliphatic heterocycles. The van der Waals surface area contributed by atoms with Crippen LogP contribution in [0.2, 0.25) is 0 Å². The topological polar surface area (TPSA) is 26.3 Å². The zero-order chi connectivity index (χ0) is 10.8. The van der Waals surface area contributed by atoms with Crippen molar-refractivity contribution < 1.29 is 9.53 Å². The van der Waals surface area contributed by atoms with E-state index in [9.17, 15) is 4.79 Å². The first kappa shape index (κ1) is 13.2. The summed E-state index contributed by atoms with van der Waals surface area (Å²) in [5.41, 5.74) is 0. The molecule has 2 nitrogen and oxygen atoms in total. The zero-order valence-electron chi connectivity index (χ0n) is 9.58. The summed E-state index contributed by atoms with van der Waals surface area (Å²) in [5.74, 6) is 0.617. The molecule has 0 aromatic rings. The highest BCUT2D eigenvalue weighted by atomic mass is 16.5. The van der Waals surface area contributed by atoms with Gasteiger partial charge in [-0.05, 0) is 25.2 Å². The molecule has 0 spiro atoms. The molecule has 1 atom stereocenters. The highest BCUT2D eigenvalue weighted by Crippen LogP contribution is 2.09. The van der Waals surface area contributed by atoms with Crippen molar-refractivity contribution >= 4 is 5.97 Å². The van der Waals surface area contributed by atoms with Gasteiger partial charge in [-0.1, -0.05) is 32.4 Å². The van der Waals surface area contributed by atoms with Crippen molar-refractivity contribution in [3.8, 4) is 0 Å². The highest BCUT2D eigenvalue weighted by Gasteiger charge is 1.95. The third-order valence-corrected chi connectivity index (χ3v) is 2.28. The Morgan fingerprint density at radius 1 is 1.36 bits per heavy atom. The van der Waals surface area contributed by atoms with Gasteiger partial charge >= 0.3 is 5.97 Å². The molecule has 0 aliphatic carbocycles. The Morgan fingerprint density at radius 3 is 2.57 bits per heavy atom. The number of esters is 1. The van der Waals surface area contributed by atoms with E-state index >= 15 is 0 Å². The van der Waals surface area contributed by atoms with Gasteiger partial charge in [0.15, 0.2) is 0 Å². The van der Waals surface area contributed by atoms with E-state index in [1.165, 1.54) is 19.8 Å². The minimum absolute atomic E-state index is 0.196. The first-order chi connectivity index (χ1) is 6.66. The zero-order valence-corrected chi connectivity index (χ0v) is 9.58. The molecule has 0 rings (SSSR count). The molecule has 0 radical (unpaired) electrons. The van der Waals surface area contributed by atoms with E-state index in [1.54, 1.807) is 0 Å². The van der Waals surface area contributed by atoms with E-state index in [4.69, 9.17) is 4.74 Å². The van der Waals surface area contributed by atoms with Gasteiger partial charge in [0.25, 0.3) is 0 Å². The van der Waals surface area contributed by atoms with Crippen LogP contribution < -0.4 is 0 Å². The van der Waals surface area contributed by atoms with Gasteiger partial charge in [0.1, 0.15) is 0 Å². The lowest BCUT2D eigenvalue weighted by atomic mass is 10.0. The van der Waals surface area contributed by atoms with Crippen molar-refractivity contribution in [2.75, 3.05) is 6.61 Å². The maximum absolute atomic E-state index is 10.4. The Labute approximate surface area is 87.3 Å². The SMILES string of the molecule is CCC(C)CC/C=C/CCOC(C)=O. The normalized spacial score (nSPS) is 13.1. The molecule has 0 amide bonds. The number of hydrogen-bond acceptors (Lipinski definition) is 2. The second-order valence-electron chi connectivity index (χ2n) is 3.69. The molecule has 0 aromatic heterocycles. The Hall–Kier alpha value is -0.790. The van der Waals surface area contributed by atoms with Crippen molar-refractivity contribution in [2.45, 2.75) is 46.5 Å². The summed E-state index contributed by atoms with van der Waals surface area (Å²) in [7, 11) is 0. The number of carbonyl (C=O) groups excluding carboxylic acids is 1. The molecule has 0 aliphatic rings. The van der Waals surface area contributed by atoms with E-state index in [2.05, 4.69) is 26.0 Å². The standard InChI is InChI=1S/C12H22O2/c1-4-11(2)9-7-5-6-8-10-14-12(3)13/h5-6,11H,4,7-10H2,1-3H3/b6-5+. The van der Waals surface area contributed by atoms with E-state index in [0.29, 0.717) is 6.61 Å². The van der Waals surface area contributed by atoms with Crippen LogP contribution in [0.15, 0.2) is 12.2 Å². The van der Waals surface area contributed by atoms with Gasteiger partial charge in [0.05, 0.1) is 6.61 Å². The first-order valence-electron chi connectivity index (χ1n) is 5.45.